The Morgan fingerprint density at radius 2 is 2.28 bits per heavy atom. The number of aromatic nitrogens is 2. The van der Waals surface area contributed by atoms with Crippen LogP contribution in [0, 0.1) is 5.92 Å². The van der Waals surface area contributed by atoms with E-state index < -0.39 is 5.97 Å². The highest BCUT2D eigenvalue weighted by Crippen LogP contribution is 2.25. The van der Waals surface area contributed by atoms with Crippen LogP contribution >= 0.6 is 0 Å². The second kappa shape index (κ2) is 5.07. The van der Waals surface area contributed by atoms with Gasteiger partial charge in [-0.15, -0.1) is 0 Å². The Bertz CT molecular complexity index is 457. The van der Waals surface area contributed by atoms with E-state index in [2.05, 4.69) is 15.7 Å². The third-order valence-electron chi connectivity index (χ3n) is 3.08. The molecular weight excluding hydrogens is 236 g/mol. The van der Waals surface area contributed by atoms with Gasteiger partial charge < -0.3 is 15.7 Å². The van der Waals surface area contributed by atoms with Crippen LogP contribution in [0.15, 0.2) is 12.4 Å². The van der Waals surface area contributed by atoms with Gasteiger partial charge in [0.05, 0.1) is 17.8 Å². The van der Waals surface area contributed by atoms with Crippen molar-refractivity contribution < 1.29 is 14.7 Å². The Hall–Kier alpha value is -2.05. The summed E-state index contributed by atoms with van der Waals surface area (Å²) in [6.45, 7) is 0. The molecule has 3 N–H and O–H groups in total. The molecule has 1 aliphatic rings. The highest BCUT2D eigenvalue weighted by molar-refractivity contribution is 5.89. The maximum atomic E-state index is 11.6. The highest BCUT2D eigenvalue weighted by atomic mass is 16.4. The van der Waals surface area contributed by atoms with Crippen molar-refractivity contribution in [1.82, 2.24) is 15.1 Å². The summed E-state index contributed by atoms with van der Waals surface area (Å²) in [5.41, 5.74) is 0.614. The molecule has 1 aromatic rings. The van der Waals surface area contributed by atoms with Crippen LogP contribution < -0.4 is 10.6 Å². The number of urea groups is 1. The molecule has 1 aromatic heterocycles. The highest BCUT2D eigenvalue weighted by Gasteiger charge is 2.30. The van der Waals surface area contributed by atoms with E-state index in [1.54, 1.807) is 24.1 Å². The Labute approximate surface area is 104 Å². The largest absolute Gasteiger partial charge is 0.481 e. The zero-order chi connectivity index (χ0) is 13.1. The van der Waals surface area contributed by atoms with Crippen molar-refractivity contribution in [3.05, 3.63) is 12.4 Å². The molecule has 2 atom stereocenters. The molecule has 2 amide bonds. The molecule has 1 saturated carbocycles. The number of hydrogen-bond acceptors (Lipinski definition) is 3. The van der Waals surface area contributed by atoms with Crippen molar-refractivity contribution in [2.24, 2.45) is 13.0 Å². The van der Waals surface area contributed by atoms with E-state index in [0.29, 0.717) is 24.9 Å². The third-order valence-corrected chi connectivity index (χ3v) is 3.08. The van der Waals surface area contributed by atoms with Gasteiger partial charge >= 0.3 is 12.0 Å². The SMILES string of the molecule is Cn1cc(NC(=O)NC2CCC(C(=O)O)C2)cn1. The maximum absolute atomic E-state index is 11.6. The van der Waals surface area contributed by atoms with Gasteiger partial charge in [0.25, 0.3) is 0 Å². The number of carboxylic acid groups (broad SMARTS) is 1. The Morgan fingerprint density at radius 3 is 2.83 bits per heavy atom. The summed E-state index contributed by atoms with van der Waals surface area (Å²) in [5.74, 6) is -1.12. The van der Waals surface area contributed by atoms with Crippen LogP contribution in [0.5, 0.6) is 0 Å². The summed E-state index contributed by atoms with van der Waals surface area (Å²) < 4.78 is 1.59. The minimum absolute atomic E-state index is 0.0669. The quantitative estimate of drug-likeness (QED) is 0.741. The van der Waals surface area contributed by atoms with E-state index in [1.165, 1.54) is 0 Å². The predicted octanol–water partition coefficient (Wildman–Crippen LogP) is 0.795. The standard InChI is InChI=1S/C11H16N4O3/c1-15-6-9(5-12-15)14-11(18)13-8-3-2-7(4-8)10(16)17/h5-8H,2-4H2,1H3,(H,16,17)(H2,13,14,18). The van der Waals surface area contributed by atoms with E-state index in [9.17, 15) is 9.59 Å². The summed E-state index contributed by atoms with van der Waals surface area (Å²) in [6.07, 6.45) is 5.06. The smallest absolute Gasteiger partial charge is 0.319 e. The first-order valence-electron chi connectivity index (χ1n) is 5.83. The molecular formula is C11H16N4O3. The van der Waals surface area contributed by atoms with Gasteiger partial charge in [0.2, 0.25) is 0 Å². The number of hydrogen-bond donors (Lipinski definition) is 3. The molecule has 0 radical (unpaired) electrons. The molecule has 0 aliphatic heterocycles. The fourth-order valence-corrected chi connectivity index (χ4v) is 2.18. The number of carboxylic acids is 1. The van der Waals surface area contributed by atoms with Gasteiger partial charge in [-0.1, -0.05) is 0 Å². The van der Waals surface area contributed by atoms with Crippen molar-refractivity contribution in [3.8, 4) is 0 Å². The normalized spacial score (nSPS) is 22.7. The van der Waals surface area contributed by atoms with Gasteiger partial charge in [-0.3, -0.25) is 9.48 Å². The van der Waals surface area contributed by atoms with E-state index in [0.717, 1.165) is 0 Å². The number of aryl methyl sites for hydroxylation is 1. The van der Waals surface area contributed by atoms with Crippen molar-refractivity contribution in [2.75, 3.05) is 5.32 Å². The number of nitrogens with one attached hydrogen (secondary N) is 2. The number of anilines is 1. The Balaban J connectivity index is 1.80. The zero-order valence-corrected chi connectivity index (χ0v) is 10.1. The Morgan fingerprint density at radius 1 is 1.50 bits per heavy atom. The monoisotopic (exact) mass is 252 g/mol. The first-order chi connectivity index (χ1) is 8.54. The van der Waals surface area contributed by atoms with Crippen LogP contribution in [-0.4, -0.2) is 32.9 Å². The van der Waals surface area contributed by atoms with Gasteiger partial charge in [-0.2, -0.15) is 5.10 Å². The first kappa shape index (κ1) is 12.4. The van der Waals surface area contributed by atoms with Gasteiger partial charge in [0, 0.05) is 19.3 Å². The third kappa shape index (κ3) is 2.99. The topological polar surface area (TPSA) is 96.2 Å². The summed E-state index contributed by atoms with van der Waals surface area (Å²) in [5, 5.41) is 18.2. The fraction of sp³-hybridized carbons (Fsp3) is 0.545. The minimum atomic E-state index is -0.785. The van der Waals surface area contributed by atoms with Crippen LogP contribution in [0.1, 0.15) is 19.3 Å². The molecule has 1 fully saturated rings. The molecule has 1 aliphatic carbocycles. The molecule has 18 heavy (non-hydrogen) atoms. The molecule has 2 rings (SSSR count). The second-order valence-electron chi connectivity index (χ2n) is 4.55. The molecule has 2 unspecified atom stereocenters. The number of aliphatic carboxylic acids is 1. The minimum Gasteiger partial charge on any atom is -0.481 e. The number of nitrogens with zero attached hydrogens (tertiary/aromatic N) is 2. The lowest BCUT2D eigenvalue weighted by atomic mass is 10.1. The van der Waals surface area contributed by atoms with Crippen LogP contribution in [0.2, 0.25) is 0 Å². The molecule has 98 valence electrons. The van der Waals surface area contributed by atoms with Gasteiger partial charge in [0.15, 0.2) is 0 Å². The lowest BCUT2D eigenvalue weighted by molar-refractivity contribution is -0.141. The zero-order valence-electron chi connectivity index (χ0n) is 10.1. The first-order valence-corrected chi connectivity index (χ1v) is 5.83. The van der Waals surface area contributed by atoms with Crippen LogP contribution in [0.4, 0.5) is 10.5 Å². The molecule has 0 aromatic carbocycles. The van der Waals surface area contributed by atoms with Gasteiger partial charge in [-0.25, -0.2) is 4.79 Å². The summed E-state index contributed by atoms with van der Waals surface area (Å²) in [7, 11) is 1.76. The van der Waals surface area contributed by atoms with Gasteiger partial charge in [-0.05, 0) is 19.3 Å². The van der Waals surface area contributed by atoms with Gasteiger partial charge in [0.1, 0.15) is 0 Å². The van der Waals surface area contributed by atoms with E-state index in [-0.39, 0.29) is 18.0 Å². The maximum Gasteiger partial charge on any atom is 0.319 e. The molecule has 7 heteroatoms. The molecule has 0 bridgehead atoms. The summed E-state index contributed by atoms with van der Waals surface area (Å²) in [4.78, 5) is 22.4. The second-order valence-corrected chi connectivity index (χ2v) is 4.55. The Kier molecular flexibility index (Phi) is 3.50. The lowest BCUT2D eigenvalue weighted by Crippen LogP contribution is -2.36. The molecule has 0 saturated heterocycles. The molecule has 0 spiro atoms. The summed E-state index contributed by atoms with van der Waals surface area (Å²) in [6, 6.07) is -0.387. The van der Waals surface area contributed by atoms with Crippen LogP contribution in [0.3, 0.4) is 0 Å². The van der Waals surface area contributed by atoms with Crippen molar-refractivity contribution in [3.63, 3.8) is 0 Å². The number of amides is 2. The average Bonchev–Trinajstić information content (AvgIpc) is 2.88. The average molecular weight is 252 g/mol. The fourth-order valence-electron chi connectivity index (χ4n) is 2.18. The summed E-state index contributed by atoms with van der Waals surface area (Å²) >= 11 is 0. The lowest BCUT2D eigenvalue weighted by Gasteiger charge is -2.12. The van der Waals surface area contributed by atoms with E-state index >= 15 is 0 Å². The van der Waals surface area contributed by atoms with Crippen molar-refractivity contribution in [2.45, 2.75) is 25.3 Å². The number of carbonyl (C=O) groups is 2. The van der Waals surface area contributed by atoms with Crippen molar-refractivity contribution in [1.29, 1.82) is 0 Å². The molecule has 7 nitrogen and oxygen atoms in total. The molecule has 1 heterocycles. The number of carbonyl (C=O) groups excluding carboxylic acids is 1. The van der Waals surface area contributed by atoms with E-state index in [4.69, 9.17) is 5.11 Å². The van der Waals surface area contributed by atoms with Crippen molar-refractivity contribution >= 4 is 17.7 Å². The van der Waals surface area contributed by atoms with Crippen LogP contribution in [-0.2, 0) is 11.8 Å². The number of rotatable bonds is 3. The van der Waals surface area contributed by atoms with Crippen LogP contribution in [0.25, 0.3) is 0 Å². The predicted molar refractivity (Wildman–Crippen MR) is 64.1 cm³/mol. The van der Waals surface area contributed by atoms with E-state index in [1.807, 2.05) is 0 Å².